The molecule has 1 aliphatic carbocycles. The van der Waals surface area contributed by atoms with E-state index in [-0.39, 0.29) is 18.3 Å². The molecule has 0 bridgehead atoms. The van der Waals surface area contributed by atoms with Crippen molar-refractivity contribution in [3.8, 4) is 0 Å². The normalized spacial score (nSPS) is 17.8. The fraction of sp³-hybridized carbons (Fsp3) is 0.692. The summed E-state index contributed by atoms with van der Waals surface area (Å²) < 4.78 is 38.4. The molecule has 118 valence electrons. The molecule has 0 aliphatic heterocycles. The van der Waals surface area contributed by atoms with Gasteiger partial charge in [0.2, 0.25) is 5.95 Å². The van der Waals surface area contributed by atoms with Crippen molar-refractivity contribution in [2.24, 2.45) is 0 Å². The van der Waals surface area contributed by atoms with Crippen molar-refractivity contribution in [1.29, 1.82) is 0 Å². The van der Waals surface area contributed by atoms with E-state index in [1.54, 1.807) is 6.92 Å². The highest BCUT2D eigenvalue weighted by Crippen LogP contribution is 2.31. The van der Waals surface area contributed by atoms with Crippen molar-refractivity contribution in [2.75, 3.05) is 23.7 Å². The van der Waals surface area contributed by atoms with Crippen molar-refractivity contribution < 1.29 is 18.3 Å². The van der Waals surface area contributed by atoms with Crippen molar-refractivity contribution in [3.63, 3.8) is 0 Å². The number of nitrogens with one attached hydrogen (secondary N) is 2. The Labute approximate surface area is 121 Å². The van der Waals surface area contributed by atoms with Gasteiger partial charge in [0.15, 0.2) is 5.69 Å². The van der Waals surface area contributed by atoms with E-state index in [9.17, 15) is 18.3 Å². The van der Waals surface area contributed by atoms with Crippen LogP contribution in [-0.4, -0.2) is 33.8 Å². The van der Waals surface area contributed by atoms with Gasteiger partial charge in [-0.3, -0.25) is 0 Å². The summed E-state index contributed by atoms with van der Waals surface area (Å²) >= 11 is 0. The average molecular weight is 304 g/mol. The van der Waals surface area contributed by atoms with Crippen LogP contribution in [0.15, 0.2) is 6.07 Å². The van der Waals surface area contributed by atoms with Crippen LogP contribution in [0.1, 0.15) is 38.3 Å². The molecule has 2 rings (SSSR count). The van der Waals surface area contributed by atoms with Crippen molar-refractivity contribution in [3.05, 3.63) is 11.8 Å². The predicted octanol–water partition coefficient (Wildman–Crippen LogP) is 2.64. The maximum atomic E-state index is 12.8. The number of aromatic nitrogens is 2. The first-order valence-corrected chi connectivity index (χ1v) is 6.99. The minimum Gasteiger partial charge on any atom is -0.388 e. The summed E-state index contributed by atoms with van der Waals surface area (Å²) in [6, 6.07) is 0.860. The van der Waals surface area contributed by atoms with Crippen LogP contribution in [-0.2, 0) is 6.18 Å². The van der Waals surface area contributed by atoms with E-state index >= 15 is 0 Å². The number of alkyl halides is 3. The van der Waals surface area contributed by atoms with Crippen molar-refractivity contribution >= 4 is 11.8 Å². The van der Waals surface area contributed by atoms with Crippen LogP contribution < -0.4 is 10.6 Å². The lowest BCUT2D eigenvalue weighted by Gasteiger charge is -2.23. The van der Waals surface area contributed by atoms with Gasteiger partial charge >= 0.3 is 6.18 Å². The lowest BCUT2D eigenvalue weighted by molar-refractivity contribution is -0.141. The first-order chi connectivity index (χ1) is 9.82. The van der Waals surface area contributed by atoms with Crippen molar-refractivity contribution in [2.45, 2.75) is 44.4 Å². The van der Waals surface area contributed by atoms with Gasteiger partial charge < -0.3 is 15.7 Å². The standard InChI is InChI=1S/C13H19F3N4O/c1-2-17-11-19-9(13(14,15)16)7-10(20-11)18-8-12(21)5-3-4-6-12/h7,21H,2-6,8H2,1H3,(H2,17,18,19,20). The summed E-state index contributed by atoms with van der Waals surface area (Å²) in [6.45, 7) is 2.36. The highest BCUT2D eigenvalue weighted by molar-refractivity contribution is 5.43. The van der Waals surface area contributed by atoms with E-state index in [1.165, 1.54) is 0 Å². The maximum Gasteiger partial charge on any atom is 0.433 e. The van der Waals surface area contributed by atoms with Gasteiger partial charge in [-0.05, 0) is 19.8 Å². The van der Waals surface area contributed by atoms with E-state index in [0.29, 0.717) is 19.4 Å². The Morgan fingerprint density at radius 3 is 2.48 bits per heavy atom. The molecule has 8 heteroatoms. The molecule has 5 nitrogen and oxygen atoms in total. The molecule has 0 spiro atoms. The van der Waals surface area contributed by atoms with Gasteiger partial charge in [0.1, 0.15) is 5.82 Å². The molecule has 0 amide bonds. The average Bonchev–Trinajstić information content (AvgIpc) is 2.83. The lowest BCUT2D eigenvalue weighted by Crippen LogP contribution is -2.33. The second-order valence-electron chi connectivity index (χ2n) is 5.28. The Morgan fingerprint density at radius 1 is 1.24 bits per heavy atom. The first kappa shape index (κ1) is 15.8. The third-order valence-corrected chi connectivity index (χ3v) is 3.48. The molecule has 1 fully saturated rings. The SMILES string of the molecule is CCNc1nc(NCC2(O)CCCC2)cc(C(F)(F)F)n1. The summed E-state index contributed by atoms with van der Waals surface area (Å²) in [7, 11) is 0. The van der Waals surface area contributed by atoms with Gasteiger partial charge in [0.05, 0.1) is 5.60 Å². The quantitative estimate of drug-likeness (QED) is 0.780. The van der Waals surface area contributed by atoms with Crippen LogP contribution in [0.3, 0.4) is 0 Å². The number of hydrogen-bond acceptors (Lipinski definition) is 5. The van der Waals surface area contributed by atoms with Crippen LogP contribution in [0.4, 0.5) is 24.9 Å². The van der Waals surface area contributed by atoms with E-state index < -0.39 is 17.5 Å². The van der Waals surface area contributed by atoms with Crippen LogP contribution in [0.25, 0.3) is 0 Å². The Balaban J connectivity index is 2.15. The zero-order valence-corrected chi connectivity index (χ0v) is 11.8. The molecule has 0 unspecified atom stereocenters. The second-order valence-corrected chi connectivity index (χ2v) is 5.28. The number of halogens is 3. The van der Waals surface area contributed by atoms with Crippen LogP contribution >= 0.6 is 0 Å². The van der Waals surface area contributed by atoms with Crippen LogP contribution in [0, 0.1) is 0 Å². The van der Waals surface area contributed by atoms with Crippen LogP contribution in [0.2, 0.25) is 0 Å². The predicted molar refractivity (Wildman–Crippen MR) is 73.1 cm³/mol. The molecule has 21 heavy (non-hydrogen) atoms. The molecule has 1 aromatic heterocycles. The van der Waals surface area contributed by atoms with Crippen LogP contribution in [0.5, 0.6) is 0 Å². The molecule has 0 saturated heterocycles. The third kappa shape index (κ3) is 4.20. The largest absolute Gasteiger partial charge is 0.433 e. The smallest absolute Gasteiger partial charge is 0.388 e. The van der Waals surface area contributed by atoms with E-state index in [1.807, 2.05) is 0 Å². The zero-order chi connectivity index (χ0) is 15.5. The number of aliphatic hydroxyl groups is 1. The number of nitrogens with zero attached hydrogens (tertiary/aromatic N) is 2. The molecule has 0 atom stereocenters. The maximum absolute atomic E-state index is 12.8. The van der Waals surface area contributed by atoms with Gasteiger partial charge in [0.25, 0.3) is 0 Å². The Kier molecular flexibility index (Phi) is 4.55. The minimum atomic E-state index is -4.53. The molecule has 1 aliphatic rings. The molecular formula is C13H19F3N4O. The fourth-order valence-electron chi connectivity index (χ4n) is 2.39. The van der Waals surface area contributed by atoms with Gasteiger partial charge in [-0.1, -0.05) is 12.8 Å². The van der Waals surface area contributed by atoms with E-state index in [2.05, 4.69) is 20.6 Å². The van der Waals surface area contributed by atoms with Gasteiger partial charge in [-0.25, -0.2) is 4.98 Å². The first-order valence-electron chi connectivity index (χ1n) is 6.99. The molecular weight excluding hydrogens is 285 g/mol. The molecule has 0 aromatic carbocycles. The van der Waals surface area contributed by atoms with E-state index in [0.717, 1.165) is 18.9 Å². The lowest BCUT2D eigenvalue weighted by atomic mass is 10.0. The monoisotopic (exact) mass is 304 g/mol. The third-order valence-electron chi connectivity index (χ3n) is 3.48. The summed E-state index contributed by atoms with van der Waals surface area (Å²) in [5.41, 5.74) is -1.86. The molecule has 1 aromatic rings. The topological polar surface area (TPSA) is 70.1 Å². The minimum absolute atomic E-state index is 0.0635. The number of rotatable bonds is 5. The molecule has 0 radical (unpaired) electrons. The summed E-state index contributed by atoms with van der Waals surface area (Å²) in [5.74, 6) is -0.0122. The number of anilines is 2. The van der Waals surface area contributed by atoms with E-state index in [4.69, 9.17) is 0 Å². The summed E-state index contributed by atoms with van der Waals surface area (Å²) in [6.07, 6.45) is -1.38. The summed E-state index contributed by atoms with van der Waals surface area (Å²) in [5, 5.41) is 15.7. The molecule has 1 heterocycles. The highest BCUT2D eigenvalue weighted by Gasteiger charge is 2.34. The Bertz CT molecular complexity index is 487. The fourth-order valence-corrected chi connectivity index (χ4v) is 2.39. The van der Waals surface area contributed by atoms with Gasteiger partial charge in [0, 0.05) is 19.2 Å². The van der Waals surface area contributed by atoms with Crippen molar-refractivity contribution in [1.82, 2.24) is 9.97 Å². The Morgan fingerprint density at radius 2 is 1.90 bits per heavy atom. The van der Waals surface area contributed by atoms with Gasteiger partial charge in [-0.15, -0.1) is 0 Å². The Hall–Kier alpha value is -1.57. The summed E-state index contributed by atoms with van der Waals surface area (Å²) in [4.78, 5) is 7.43. The van der Waals surface area contributed by atoms with Gasteiger partial charge in [-0.2, -0.15) is 18.2 Å². The molecule has 1 saturated carbocycles. The molecule has 3 N–H and O–H groups in total. The highest BCUT2D eigenvalue weighted by atomic mass is 19.4. The second kappa shape index (κ2) is 6.05. The number of hydrogen-bond donors (Lipinski definition) is 3. The zero-order valence-electron chi connectivity index (χ0n) is 11.8.